The van der Waals surface area contributed by atoms with E-state index in [1.54, 1.807) is 6.07 Å². The molecule has 0 bridgehead atoms. The fourth-order valence-corrected chi connectivity index (χ4v) is 2.02. The maximum atomic E-state index is 13.2. The molecule has 1 fully saturated rings. The Morgan fingerprint density at radius 2 is 2.33 bits per heavy atom. The Morgan fingerprint density at radius 1 is 1.53 bits per heavy atom. The Kier molecular flexibility index (Phi) is 3.24. The van der Waals surface area contributed by atoms with Gasteiger partial charge in [-0.15, -0.1) is 0 Å². The first-order valence-electron chi connectivity index (χ1n) is 5.07. The number of nitrogens with two attached hydrogens (primary N) is 1. The van der Waals surface area contributed by atoms with Crippen molar-refractivity contribution in [2.75, 3.05) is 13.1 Å². The third-order valence-electron chi connectivity index (χ3n) is 2.70. The predicted molar refractivity (Wildman–Crippen MR) is 59.3 cm³/mol. The lowest BCUT2D eigenvalue weighted by molar-refractivity contribution is 0.326. The number of hydrogen-bond acceptors (Lipinski definition) is 2. The van der Waals surface area contributed by atoms with Gasteiger partial charge in [-0.2, -0.15) is 0 Å². The molecule has 15 heavy (non-hydrogen) atoms. The van der Waals surface area contributed by atoms with Gasteiger partial charge in [0.25, 0.3) is 0 Å². The molecule has 1 aromatic rings. The molecular weight excluding hydrogens is 215 g/mol. The highest BCUT2D eigenvalue weighted by atomic mass is 35.5. The zero-order chi connectivity index (χ0) is 10.8. The highest BCUT2D eigenvalue weighted by Crippen LogP contribution is 2.18. The smallest absolute Gasteiger partial charge is 0.142 e. The van der Waals surface area contributed by atoms with Crippen molar-refractivity contribution in [2.45, 2.75) is 19.0 Å². The van der Waals surface area contributed by atoms with Crippen LogP contribution in [0.5, 0.6) is 0 Å². The van der Waals surface area contributed by atoms with Gasteiger partial charge in [0.2, 0.25) is 0 Å². The second kappa shape index (κ2) is 4.47. The Balaban J connectivity index is 2.02. The average molecular weight is 229 g/mol. The van der Waals surface area contributed by atoms with Crippen LogP contribution in [-0.2, 0) is 6.54 Å². The largest absolute Gasteiger partial charge is 0.326 e. The van der Waals surface area contributed by atoms with Crippen molar-refractivity contribution in [1.29, 1.82) is 0 Å². The summed E-state index contributed by atoms with van der Waals surface area (Å²) in [5, 5.41) is 0.178. The summed E-state index contributed by atoms with van der Waals surface area (Å²) in [5.74, 6) is -0.349. The highest BCUT2D eigenvalue weighted by molar-refractivity contribution is 6.30. The van der Waals surface area contributed by atoms with Crippen LogP contribution in [0, 0.1) is 5.82 Å². The summed E-state index contributed by atoms with van der Waals surface area (Å²) >= 11 is 5.61. The van der Waals surface area contributed by atoms with Gasteiger partial charge in [0.05, 0.1) is 5.02 Å². The molecule has 0 saturated carbocycles. The molecule has 0 radical (unpaired) electrons. The zero-order valence-electron chi connectivity index (χ0n) is 8.42. The second-order valence-electron chi connectivity index (χ2n) is 4.03. The van der Waals surface area contributed by atoms with Gasteiger partial charge < -0.3 is 5.73 Å². The number of likely N-dealkylation sites (tertiary alicyclic amines) is 1. The fraction of sp³-hybridized carbons (Fsp3) is 0.455. The number of hydrogen-bond donors (Lipinski definition) is 1. The second-order valence-corrected chi connectivity index (χ2v) is 4.44. The minimum atomic E-state index is -0.349. The van der Waals surface area contributed by atoms with Crippen molar-refractivity contribution >= 4 is 11.6 Å². The van der Waals surface area contributed by atoms with E-state index >= 15 is 0 Å². The third kappa shape index (κ3) is 2.68. The van der Waals surface area contributed by atoms with Crippen molar-refractivity contribution in [1.82, 2.24) is 4.90 Å². The minimum absolute atomic E-state index is 0.178. The first kappa shape index (κ1) is 10.9. The summed E-state index contributed by atoms with van der Waals surface area (Å²) < 4.78 is 13.2. The average Bonchev–Trinajstić information content (AvgIpc) is 2.58. The molecule has 1 atom stereocenters. The van der Waals surface area contributed by atoms with Gasteiger partial charge in [-0.1, -0.05) is 17.7 Å². The molecule has 82 valence electrons. The summed E-state index contributed by atoms with van der Waals surface area (Å²) in [7, 11) is 0. The van der Waals surface area contributed by atoms with E-state index in [0.29, 0.717) is 0 Å². The summed E-state index contributed by atoms with van der Waals surface area (Å²) in [4.78, 5) is 2.23. The fourth-order valence-electron chi connectivity index (χ4n) is 1.90. The summed E-state index contributed by atoms with van der Waals surface area (Å²) in [6, 6.07) is 5.21. The highest BCUT2D eigenvalue weighted by Gasteiger charge is 2.18. The maximum absolute atomic E-state index is 13.2. The first-order chi connectivity index (χ1) is 7.15. The van der Waals surface area contributed by atoms with E-state index in [0.717, 1.165) is 31.6 Å². The van der Waals surface area contributed by atoms with Gasteiger partial charge in [-0.05, 0) is 24.1 Å². The number of nitrogens with zero attached hydrogens (tertiary/aromatic N) is 1. The Hall–Kier alpha value is -0.640. The Bertz CT molecular complexity index is 356. The van der Waals surface area contributed by atoms with Crippen LogP contribution in [0.3, 0.4) is 0 Å². The lowest BCUT2D eigenvalue weighted by atomic mass is 10.2. The number of halogens is 2. The Labute approximate surface area is 93.8 Å². The number of benzene rings is 1. The van der Waals surface area contributed by atoms with Crippen LogP contribution in [0.2, 0.25) is 5.02 Å². The lowest BCUT2D eigenvalue weighted by Gasteiger charge is -2.15. The molecule has 2 N–H and O–H groups in total. The summed E-state index contributed by atoms with van der Waals surface area (Å²) in [6.07, 6.45) is 1.02. The van der Waals surface area contributed by atoms with E-state index in [4.69, 9.17) is 17.3 Å². The van der Waals surface area contributed by atoms with Gasteiger partial charge in [-0.25, -0.2) is 4.39 Å². The van der Waals surface area contributed by atoms with E-state index in [2.05, 4.69) is 4.90 Å². The quantitative estimate of drug-likeness (QED) is 0.839. The molecule has 4 heteroatoms. The van der Waals surface area contributed by atoms with E-state index in [-0.39, 0.29) is 16.9 Å². The predicted octanol–water partition coefficient (Wildman–Crippen LogP) is 2.01. The van der Waals surface area contributed by atoms with Crippen LogP contribution in [-0.4, -0.2) is 24.0 Å². The molecule has 0 unspecified atom stereocenters. The van der Waals surface area contributed by atoms with Gasteiger partial charge in [0.1, 0.15) is 5.82 Å². The van der Waals surface area contributed by atoms with Gasteiger partial charge in [0, 0.05) is 25.7 Å². The molecule has 0 aliphatic carbocycles. The maximum Gasteiger partial charge on any atom is 0.142 e. The van der Waals surface area contributed by atoms with Crippen molar-refractivity contribution in [3.05, 3.63) is 34.6 Å². The van der Waals surface area contributed by atoms with Crippen LogP contribution >= 0.6 is 11.6 Å². The molecule has 1 aliphatic rings. The van der Waals surface area contributed by atoms with Gasteiger partial charge in [-0.3, -0.25) is 4.90 Å². The van der Waals surface area contributed by atoms with E-state index < -0.39 is 0 Å². The Morgan fingerprint density at radius 3 is 2.93 bits per heavy atom. The van der Waals surface area contributed by atoms with Crippen molar-refractivity contribution in [2.24, 2.45) is 5.73 Å². The summed E-state index contributed by atoms with van der Waals surface area (Å²) in [5.41, 5.74) is 6.75. The first-order valence-corrected chi connectivity index (χ1v) is 5.45. The normalized spacial score (nSPS) is 22.2. The molecule has 2 rings (SSSR count). The van der Waals surface area contributed by atoms with Crippen molar-refractivity contribution in [3.8, 4) is 0 Å². The van der Waals surface area contributed by atoms with E-state index in [1.807, 2.05) is 6.07 Å². The lowest BCUT2D eigenvalue weighted by Crippen LogP contribution is -2.26. The monoisotopic (exact) mass is 228 g/mol. The molecule has 1 saturated heterocycles. The molecule has 2 nitrogen and oxygen atoms in total. The molecule has 1 aliphatic heterocycles. The summed E-state index contributed by atoms with van der Waals surface area (Å²) in [6.45, 7) is 2.64. The minimum Gasteiger partial charge on any atom is -0.326 e. The third-order valence-corrected chi connectivity index (χ3v) is 3.01. The van der Waals surface area contributed by atoms with Gasteiger partial charge in [0.15, 0.2) is 0 Å². The van der Waals surface area contributed by atoms with Crippen molar-refractivity contribution in [3.63, 3.8) is 0 Å². The molecule has 0 aromatic heterocycles. The van der Waals surface area contributed by atoms with Crippen LogP contribution in [0.15, 0.2) is 18.2 Å². The van der Waals surface area contributed by atoms with Gasteiger partial charge >= 0.3 is 0 Å². The van der Waals surface area contributed by atoms with Crippen LogP contribution in [0.4, 0.5) is 4.39 Å². The van der Waals surface area contributed by atoms with Crippen LogP contribution in [0.1, 0.15) is 12.0 Å². The van der Waals surface area contributed by atoms with Crippen molar-refractivity contribution < 1.29 is 4.39 Å². The topological polar surface area (TPSA) is 29.3 Å². The molecule has 1 heterocycles. The SMILES string of the molecule is N[C@H]1CCN(Cc2ccc(Cl)c(F)c2)C1. The van der Waals surface area contributed by atoms with Crippen LogP contribution < -0.4 is 5.73 Å². The molecular formula is C11H14ClFN2. The van der Waals surface area contributed by atoms with E-state index in [9.17, 15) is 4.39 Å². The number of rotatable bonds is 2. The van der Waals surface area contributed by atoms with Crippen LogP contribution in [0.25, 0.3) is 0 Å². The molecule has 0 amide bonds. The molecule has 1 aromatic carbocycles. The molecule has 0 spiro atoms. The van der Waals surface area contributed by atoms with E-state index in [1.165, 1.54) is 6.07 Å². The standard InChI is InChI=1S/C11H14ClFN2/c12-10-2-1-8(5-11(10)13)6-15-4-3-9(14)7-15/h1-2,5,9H,3-4,6-7,14H2/t9-/m0/s1. The zero-order valence-corrected chi connectivity index (χ0v) is 9.17.